The minimum Gasteiger partial charge on any atom is -0.461 e. The number of benzene rings is 1. The highest BCUT2D eigenvalue weighted by Gasteiger charge is 2.36. The molecule has 1 amide bonds. The SMILES string of the molecule is CCOC(=O)c1nn(-c2ccc(Cl)cc2)c2c1CN(C(=O)C(C)(C)CCl)CC2. The fourth-order valence-electron chi connectivity index (χ4n) is 3.24. The van der Waals surface area contributed by atoms with Crippen LogP contribution in [0.25, 0.3) is 5.69 Å². The molecule has 1 aromatic heterocycles. The van der Waals surface area contributed by atoms with E-state index in [1.165, 1.54) is 0 Å². The van der Waals surface area contributed by atoms with Crippen LogP contribution >= 0.6 is 23.2 Å². The number of ether oxygens (including phenoxy) is 1. The van der Waals surface area contributed by atoms with E-state index in [4.69, 9.17) is 27.9 Å². The van der Waals surface area contributed by atoms with Crippen molar-refractivity contribution in [2.75, 3.05) is 19.0 Å². The highest BCUT2D eigenvalue weighted by atomic mass is 35.5. The maximum atomic E-state index is 12.9. The first kappa shape index (κ1) is 20.7. The monoisotopic (exact) mass is 423 g/mol. The van der Waals surface area contributed by atoms with Gasteiger partial charge < -0.3 is 9.64 Å². The van der Waals surface area contributed by atoms with E-state index in [1.54, 1.807) is 28.6 Å². The molecule has 1 aliphatic heterocycles. The number of rotatable bonds is 5. The average molecular weight is 424 g/mol. The molecule has 0 saturated heterocycles. The molecule has 2 aromatic rings. The molecule has 1 aliphatic rings. The molecule has 0 radical (unpaired) electrons. The number of nitrogens with zero attached hydrogens (tertiary/aromatic N) is 3. The van der Waals surface area contributed by atoms with Gasteiger partial charge in [-0.25, -0.2) is 9.48 Å². The van der Waals surface area contributed by atoms with E-state index >= 15 is 0 Å². The molecule has 28 heavy (non-hydrogen) atoms. The summed E-state index contributed by atoms with van der Waals surface area (Å²) in [5.41, 5.74) is 2.00. The van der Waals surface area contributed by atoms with Crippen molar-refractivity contribution in [2.24, 2.45) is 5.41 Å². The van der Waals surface area contributed by atoms with Crippen LogP contribution in [0.5, 0.6) is 0 Å². The average Bonchev–Trinajstić information content (AvgIpc) is 3.07. The molecule has 0 spiro atoms. The fourth-order valence-corrected chi connectivity index (χ4v) is 3.48. The molecule has 2 heterocycles. The molecular weight excluding hydrogens is 401 g/mol. The number of halogens is 2. The summed E-state index contributed by atoms with van der Waals surface area (Å²) < 4.78 is 6.93. The zero-order valence-corrected chi connectivity index (χ0v) is 17.7. The van der Waals surface area contributed by atoms with Crippen molar-refractivity contribution in [1.29, 1.82) is 0 Å². The second-order valence-corrected chi connectivity index (χ2v) is 8.08. The maximum absolute atomic E-state index is 12.9. The van der Waals surface area contributed by atoms with Crippen molar-refractivity contribution in [3.05, 3.63) is 46.2 Å². The van der Waals surface area contributed by atoms with Crippen LogP contribution in [0.3, 0.4) is 0 Å². The molecule has 6 nitrogen and oxygen atoms in total. The van der Waals surface area contributed by atoms with Gasteiger partial charge in [-0.15, -0.1) is 11.6 Å². The third-order valence-electron chi connectivity index (χ3n) is 4.80. The smallest absolute Gasteiger partial charge is 0.359 e. The van der Waals surface area contributed by atoms with Gasteiger partial charge in [0.1, 0.15) is 0 Å². The Hall–Kier alpha value is -2.05. The molecule has 3 rings (SSSR count). The quantitative estimate of drug-likeness (QED) is 0.540. The zero-order valence-electron chi connectivity index (χ0n) is 16.2. The molecule has 0 bridgehead atoms. The molecule has 0 saturated carbocycles. The summed E-state index contributed by atoms with van der Waals surface area (Å²) in [6.07, 6.45) is 0.578. The van der Waals surface area contributed by atoms with E-state index in [2.05, 4.69) is 5.10 Å². The minimum atomic E-state index is -0.671. The molecule has 8 heteroatoms. The van der Waals surface area contributed by atoms with E-state index in [0.717, 1.165) is 16.9 Å². The van der Waals surface area contributed by atoms with E-state index in [0.29, 0.717) is 24.5 Å². The lowest BCUT2D eigenvalue weighted by Gasteiger charge is -2.33. The Balaban J connectivity index is 2.03. The third kappa shape index (κ3) is 3.89. The highest BCUT2D eigenvalue weighted by molar-refractivity contribution is 6.30. The van der Waals surface area contributed by atoms with Gasteiger partial charge in [0.2, 0.25) is 5.91 Å². The molecule has 0 fully saturated rings. The van der Waals surface area contributed by atoms with Gasteiger partial charge in [0, 0.05) is 36.0 Å². The lowest BCUT2D eigenvalue weighted by molar-refractivity contribution is -0.140. The number of esters is 1. The van der Waals surface area contributed by atoms with E-state index in [9.17, 15) is 9.59 Å². The lowest BCUT2D eigenvalue weighted by Crippen LogP contribution is -2.44. The summed E-state index contributed by atoms with van der Waals surface area (Å²) in [4.78, 5) is 27.1. The lowest BCUT2D eigenvalue weighted by atomic mass is 9.92. The second kappa shape index (κ2) is 8.13. The number of aromatic nitrogens is 2. The molecule has 0 aliphatic carbocycles. The number of alkyl halides is 1. The number of hydrogen-bond donors (Lipinski definition) is 0. The zero-order chi connectivity index (χ0) is 20.5. The van der Waals surface area contributed by atoms with Gasteiger partial charge in [-0.1, -0.05) is 11.6 Å². The van der Waals surface area contributed by atoms with Gasteiger partial charge in [0.15, 0.2) is 5.69 Å². The Morgan fingerprint density at radius 3 is 2.54 bits per heavy atom. The number of hydrogen-bond acceptors (Lipinski definition) is 4. The first-order valence-electron chi connectivity index (χ1n) is 9.17. The van der Waals surface area contributed by atoms with Crippen LogP contribution in [0.2, 0.25) is 5.02 Å². The Morgan fingerprint density at radius 1 is 1.25 bits per heavy atom. The van der Waals surface area contributed by atoms with E-state index in [1.807, 2.05) is 26.0 Å². The summed E-state index contributed by atoms with van der Waals surface area (Å²) in [5.74, 6) is -0.302. The Morgan fingerprint density at radius 2 is 1.93 bits per heavy atom. The number of amides is 1. The largest absolute Gasteiger partial charge is 0.461 e. The molecule has 0 N–H and O–H groups in total. The first-order chi connectivity index (χ1) is 13.3. The van der Waals surface area contributed by atoms with Crippen LogP contribution < -0.4 is 0 Å². The van der Waals surface area contributed by atoms with Gasteiger partial charge in [-0.3, -0.25) is 4.79 Å². The Labute approximate surface area is 174 Å². The number of carbonyl (C=O) groups is 2. The molecule has 150 valence electrons. The van der Waals surface area contributed by atoms with Crippen molar-refractivity contribution in [3.63, 3.8) is 0 Å². The predicted octanol–water partition coefficient (Wildman–Crippen LogP) is 3.85. The standard InChI is InChI=1S/C20H23Cl2N3O3/c1-4-28-18(26)17-15-11-24(19(27)20(2,3)12-21)10-9-16(15)25(23-17)14-7-5-13(22)6-8-14/h5-8H,4,9-12H2,1-3H3. The van der Waals surface area contributed by atoms with E-state index < -0.39 is 11.4 Å². The second-order valence-electron chi connectivity index (χ2n) is 7.38. The highest BCUT2D eigenvalue weighted by Crippen LogP contribution is 2.30. The topological polar surface area (TPSA) is 64.4 Å². The minimum absolute atomic E-state index is 0.0396. The van der Waals surface area contributed by atoms with Gasteiger partial charge in [-0.2, -0.15) is 5.10 Å². The summed E-state index contributed by atoms with van der Waals surface area (Å²) >= 11 is 12.0. The first-order valence-corrected chi connectivity index (χ1v) is 10.1. The van der Waals surface area contributed by atoms with Crippen LogP contribution in [0.4, 0.5) is 0 Å². The van der Waals surface area contributed by atoms with Crippen LogP contribution in [0, 0.1) is 5.41 Å². The summed E-state index contributed by atoms with van der Waals surface area (Å²) in [6, 6.07) is 7.24. The number of fused-ring (bicyclic) bond motifs is 1. The van der Waals surface area contributed by atoms with Crippen molar-refractivity contribution in [1.82, 2.24) is 14.7 Å². The fraction of sp³-hybridized carbons (Fsp3) is 0.450. The molecule has 0 atom stereocenters. The summed E-state index contributed by atoms with van der Waals surface area (Å²) in [6.45, 7) is 6.48. The van der Waals surface area contributed by atoms with Gasteiger partial charge >= 0.3 is 5.97 Å². The van der Waals surface area contributed by atoms with Crippen LogP contribution in [0.1, 0.15) is 42.5 Å². The summed E-state index contributed by atoms with van der Waals surface area (Å²) in [5, 5.41) is 5.14. The molecule has 0 unspecified atom stereocenters. The Bertz CT molecular complexity index is 891. The van der Waals surface area contributed by atoms with Gasteiger partial charge in [0.05, 0.1) is 23.4 Å². The summed E-state index contributed by atoms with van der Waals surface area (Å²) in [7, 11) is 0. The van der Waals surface area contributed by atoms with E-state index in [-0.39, 0.29) is 24.1 Å². The van der Waals surface area contributed by atoms with Crippen LogP contribution in [-0.2, 0) is 22.5 Å². The normalized spacial score (nSPS) is 14.0. The van der Waals surface area contributed by atoms with Crippen LogP contribution in [0.15, 0.2) is 24.3 Å². The van der Waals surface area contributed by atoms with Crippen molar-refractivity contribution >= 4 is 35.1 Å². The maximum Gasteiger partial charge on any atom is 0.359 e. The van der Waals surface area contributed by atoms with Crippen molar-refractivity contribution in [3.8, 4) is 5.69 Å². The van der Waals surface area contributed by atoms with Crippen LogP contribution in [-0.4, -0.2) is 45.6 Å². The molecular formula is C20H23Cl2N3O3. The van der Waals surface area contributed by atoms with Gasteiger partial charge in [0.25, 0.3) is 0 Å². The van der Waals surface area contributed by atoms with Crippen molar-refractivity contribution < 1.29 is 14.3 Å². The Kier molecular flexibility index (Phi) is 6.01. The third-order valence-corrected chi connectivity index (χ3v) is 5.72. The van der Waals surface area contributed by atoms with Gasteiger partial charge in [-0.05, 0) is 45.0 Å². The predicted molar refractivity (Wildman–Crippen MR) is 108 cm³/mol. The molecule has 1 aromatic carbocycles. The van der Waals surface area contributed by atoms with Crippen molar-refractivity contribution in [2.45, 2.75) is 33.7 Å². The number of carbonyl (C=O) groups excluding carboxylic acids is 2.